The summed E-state index contributed by atoms with van der Waals surface area (Å²) in [7, 11) is 0. The molecule has 6 nitrogen and oxygen atoms in total. The fourth-order valence-electron chi connectivity index (χ4n) is 4.35. The molecular formula is C27H21FN2O4. The molecule has 1 aliphatic heterocycles. The van der Waals surface area contributed by atoms with Crippen LogP contribution in [0.25, 0.3) is 16.7 Å². The first kappa shape index (κ1) is 21.5. The van der Waals surface area contributed by atoms with Gasteiger partial charge in [0, 0.05) is 33.9 Å². The number of amides is 1. The highest BCUT2D eigenvalue weighted by atomic mass is 19.1. The number of anilines is 1. The first-order chi connectivity index (χ1) is 16.5. The maximum atomic E-state index is 13.6. The molecule has 0 spiro atoms. The summed E-state index contributed by atoms with van der Waals surface area (Å²) in [5, 5.41) is 12.1. The van der Waals surface area contributed by atoms with Gasteiger partial charge in [0.1, 0.15) is 17.3 Å². The van der Waals surface area contributed by atoms with Gasteiger partial charge in [-0.25, -0.2) is 4.39 Å². The van der Waals surface area contributed by atoms with Gasteiger partial charge in [-0.3, -0.25) is 14.5 Å². The molecule has 0 saturated carbocycles. The number of aromatic amines is 1. The lowest BCUT2D eigenvalue weighted by Crippen LogP contribution is -2.29. The molecule has 0 radical (unpaired) electrons. The highest BCUT2D eigenvalue weighted by molar-refractivity contribution is 6.51. The Bertz CT molecular complexity index is 1420. The average molecular weight is 456 g/mol. The van der Waals surface area contributed by atoms with E-state index < -0.39 is 23.5 Å². The van der Waals surface area contributed by atoms with Gasteiger partial charge in [0.05, 0.1) is 18.2 Å². The molecule has 1 fully saturated rings. The number of Topliss-reactive ketones (excluding diaryl/α,β-unsaturated/α-hetero) is 1. The third-order valence-electron chi connectivity index (χ3n) is 5.90. The first-order valence-corrected chi connectivity index (χ1v) is 10.9. The van der Waals surface area contributed by atoms with Crippen molar-refractivity contribution >= 4 is 34.0 Å². The molecule has 0 aliphatic carbocycles. The smallest absolute Gasteiger partial charge is 0.300 e. The number of halogens is 1. The minimum Gasteiger partial charge on any atom is -0.507 e. The van der Waals surface area contributed by atoms with Crippen LogP contribution in [0.15, 0.2) is 84.6 Å². The molecule has 2 heterocycles. The Morgan fingerprint density at radius 3 is 2.44 bits per heavy atom. The van der Waals surface area contributed by atoms with E-state index in [2.05, 4.69) is 4.98 Å². The normalized spacial score (nSPS) is 17.5. The minimum absolute atomic E-state index is 0.0387. The van der Waals surface area contributed by atoms with E-state index in [9.17, 15) is 19.1 Å². The Kier molecular flexibility index (Phi) is 5.37. The van der Waals surface area contributed by atoms with Crippen molar-refractivity contribution in [3.8, 4) is 5.75 Å². The van der Waals surface area contributed by atoms with Crippen molar-refractivity contribution in [2.45, 2.75) is 13.0 Å². The molecule has 1 atom stereocenters. The van der Waals surface area contributed by atoms with Gasteiger partial charge in [-0.1, -0.05) is 18.2 Å². The van der Waals surface area contributed by atoms with Crippen LogP contribution in [-0.2, 0) is 9.59 Å². The summed E-state index contributed by atoms with van der Waals surface area (Å²) < 4.78 is 19.1. The number of carbonyl (C=O) groups excluding carboxylic acids is 2. The summed E-state index contributed by atoms with van der Waals surface area (Å²) in [4.78, 5) is 31.0. The lowest BCUT2D eigenvalue weighted by molar-refractivity contribution is -0.132. The Labute approximate surface area is 194 Å². The summed E-state index contributed by atoms with van der Waals surface area (Å²) in [6.07, 6.45) is 1.73. The second-order valence-corrected chi connectivity index (χ2v) is 7.89. The summed E-state index contributed by atoms with van der Waals surface area (Å²) in [6.45, 7) is 2.36. The van der Waals surface area contributed by atoms with Crippen molar-refractivity contribution in [1.82, 2.24) is 4.98 Å². The average Bonchev–Trinajstić information content (AvgIpc) is 3.39. The number of ketones is 1. The molecule has 34 heavy (non-hydrogen) atoms. The predicted molar refractivity (Wildman–Crippen MR) is 127 cm³/mol. The number of benzene rings is 3. The summed E-state index contributed by atoms with van der Waals surface area (Å²) >= 11 is 0. The molecule has 1 saturated heterocycles. The summed E-state index contributed by atoms with van der Waals surface area (Å²) in [5.41, 5.74) is 2.16. The van der Waals surface area contributed by atoms with E-state index in [1.54, 1.807) is 30.5 Å². The fourth-order valence-corrected chi connectivity index (χ4v) is 4.35. The highest BCUT2D eigenvalue weighted by Gasteiger charge is 2.47. The van der Waals surface area contributed by atoms with Crippen molar-refractivity contribution in [3.05, 3.63) is 102 Å². The van der Waals surface area contributed by atoms with E-state index in [4.69, 9.17) is 4.74 Å². The quantitative estimate of drug-likeness (QED) is 0.242. The number of carbonyl (C=O) groups is 2. The Balaban J connectivity index is 1.72. The van der Waals surface area contributed by atoms with Gasteiger partial charge >= 0.3 is 0 Å². The number of rotatable bonds is 5. The molecule has 1 aliphatic rings. The zero-order valence-electron chi connectivity index (χ0n) is 18.3. The summed E-state index contributed by atoms with van der Waals surface area (Å²) in [5.74, 6) is -1.74. The predicted octanol–water partition coefficient (Wildman–Crippen LogP) is 5.33. The third kappa shape index (κ3) is 3.51. The Morgan fingerprint density at radius 1 is 1.03 bits per heavy atom. The first-order valence-electron chi connectivity index (χ1n) is 10.9. The van der Waals surface area contributed by atoms with Crippen molar-refractivity contribution in [1.29, 1.82) is 0 Å². The summed E-state index contributed by atoms with van der Waals surface area (Å²) in [6, 6.07) is 18.6. The zero-order chi connectivity index (χ0) is 23.8. The lowest BCUT2D eigenvalue weighted by Gasteiger charge is -2.25. The van der Waals surface area contributed by atoms with Crippen LogP contribution >= 0.6 is 0 Å². The molecular weight excluding hydrogens is 435 g/mol. The SMILES string of the molecule is CCOc1ccc(/C(O)=C2\C(=O)C(=O)N(c3ccc(F)cc3)C2c2c[nH]c3ccccc23)cc1. The topological polar surface area (TPSA) is 82.6 Å². The van der Waals surface area contributed by atoms with Crippen LogP contribution in [0, 0.1) is 5.82 Å². The van der Waals surface area contributed by atoms with Gasteiger partial charge in [0.2, 0.25) is 0 Å². The third-order valence-corrected chi connectivity index (χ3v) is 5.90. The van der Waals surface area contributed by atoms with Crippen LogP contribution in [0.5, 0.6) is 5.75 Å². The lowest BCUT2D eigenvalue weighted by atomic mass is 9.94. The number of aromatic nitrogens is 1. The number of nitrogens with one attached hydrogen (secondary N) is 1. The number of hydrogen-bond acceptors (Lipinski definition) is 4. The Hall–Kier alpha value is -4.39. The number of hydrogen-bond donors (Lipinski definition) is 2. The van der Waals surface area contributed by atoms with Crippen molar-refractivity contribution in [3.63, 3.8) is 0 Å². The van der Waals surface area contributed by atoms with Crippen LogP contribution < -0.4 is 9.64 Å². The fraction of sp³-hybridized carbons (Fsp3) is 0.111. The van der Waals surface area contributed by atoms with Gasteiger partial charge < -0.3 is 14.8 Å². The molecule has 0 bridgehead atoms. The van der Waals surface area contributed by atoms with Crippen LogP contribution in [0.3, 0.4) is 0 Å². The van der Waals surface area contributed by atoms with Crippen LogP contribution in [0.4, 0.5) is 10.1 Å². The molecule has 2 N–H and O–H groups in total. The van der Waals surface area contributed by atoms with Crippen molar-refractivity contribution in [2.24, 2.45) is 0 Å². The zero-order valence-corrected chi connectivity index (χ0v) is 18.3. The maximum absolute atomic E-state index is 13.6. The molecule has 3 aromatic carbocycles. The van der Waals surface area contributed by atoms with Crippen LogP contribution in [0.2, 0.25) is 0 Å². The number of ether oxygens (including phenoxy) is 1. The number of nitrogens with zero attached hydrogens (tertiary/aromatic N) is 1. The van der Waals surface area contributed by atoms with E-state index in [-0.39, 0.29) is 11.3 Å². The number of aliphatic hydroxyl groups is 1. The molecule has 1 aromatic heterocycles. The van der Waals surface area contributed by atoms with E-state index >= 15 is 0 Å². The van der Waals surface area contributed by atoms with Gasteiger partial charge in [0.15, 0.2) is 0 Å². The minimum atomic E-state index is -0.909. The molecule has 7 heteroatoms. The second kappa shape index (κ2) is 8.51. The standard InChI is InChI=1S/C27H21FN2O4/c1-2-34-19-13-7-16(8-14-19)25(31)23-24(21-15-29-22-6-4-3-5-20(21)22)30(27(33)26(23)32)18-11-9-17(28)10-12-18/h3-15,24,29,31H,2H2,1H3/b25-23+. The highest BCUT2D eigenvalue weighted by Crippen LogP contribution is 2.44. The largest absolute Gasteiger partial charge is 0.507 e. The Morgan fingerprint density at radius 2 is 1.74 bits per heavy atom. The van der Waals surface area contributed by atoms with Crippen molar-refractivity contribution < 1.29 is 23.8 Å². The van der Waals surface area contributed by atoms with E-state index in [0.717, 1.165) is 10.9 Å². The molecule has 1 unspecified atom stereocenters. The van der Waals surface area contributed by atoms with E-state index in [1.807, 2.05) is 31.2 Å². The molecule has 4 aromatic rings. The number of H-pyrrole nitrogens is 1. The molecule has 5 rings (SSSR count). The van der Waals surface area contributed by atoms with Crippen LogP contribution in [-0.4, -0.2) is 28.4 Å². The van der Waals surface area contributed by atoms with Gasteiger partial charge in [0.25, 0.3) is 11.7 Å². The van der Waals surface area contributed by atoms with Gasteiger partial charge in [-0.15, -0.1) is 0 Å². The van der Waals surface area contributed by atoms with E-state index in [1.165, 1.54) is 29.2 Å². The molecule has 1 amide bonds. The maximum Gasteiger partial charge on any atom is 0.300 e. The number of fused-ring (bicyclic) bond motifs is 1. The second-order valence-electron chi connectivity index (χ2n) is 7.89. The van der Waals surface area contributed by atoms with E-state index in [0.29, 0.717) is 29.2 Å². The van der Waals surface area contributed by atoms with Gasteiger partial charge in [-0.2, -0.15) is 0 Å². The number of aliphatic hydroxyl groups excluding tert-OH is 1. The van der Waals surface area contributed by atoms with Crippen LogP contribution in [0.1, 0.15) is 24.1 Å². The molecule has 170 valence electrons. The van der Waals surface area contributed by atoms with Gasteiger partial charge in [-0.05, 0) is 61.5 Å². The van der Waals surface area contributed by atoms with Crippen molar-refractivity contribution in [2.75, 3.05) is 11.5 Å². The monoisotopic (exact) mass is 456 g/mol. The number of para-hydroxylation sites is 1.